The molecule has 2 aromatic heterocycles. The van der Waals surface area contributed by atoms with E-state index in [2.05, 4.69) is 21.5 Å². The lowest BCUT2D eigenvalue weighted by Gasteiger charge is -2.32. The van der Waals surface area contributed by atoms with Crippen molar-refractivity contribution in [2.24, 2.45) is 23.3 Å². The molecule has 0 bridgehead atoms. The lowest BCUT2D eigenvalue weighted by Crippen LogP contribution is -2.35. The number of primary amides is 1. The zero-order valence-corrected chi connectivity index (χ0v) is 24.0. The number of hydrogen-bond donors (Lipinski definition) is 3. The van der Waals surface area contributed by atoms with Gasteiger partial charge in [0.25, 0.3) is 5.90 Å². The van der Waals surface area contributed by atoms with Crippen molar-refractivity contribution in [1.29, 1.82) is 5.41 Å². The molecule has 1 aliphatic rings. The van der Waals surface area contributed by atoms with Crippen molar-refractivity contribution in [3.05, 3.63) is 64.9 Å². The molecule has 1 atom stereocenters. The molecule has 0 saturated heterocycles. The fourth-order valence-corrected chi connectivity index (χ4v) is 5.32. The van der Waals surface area contributed by atoms with Gasteiger partial charge < -0.3 is 25.5 Å². The molecule has 1 fully saturated rings. The van der Waals surface area contributed by atoms with Crippen LogP contribution in [-0.4, -0.2) is 38.6 Å². The van der Waals surface area contributed by atoms with Gasteiger partial charge in [0, 0.05) is 29.9 Å². The van der Waals surface area contributed by atoms with Gasteiger partial charge in [-0.15, -0.1) is 0 Å². The lowest BCUT2D eigenvalue weighted by molar-refractivity contribution is 0.0228. The fourth-order valence-electron chi connectivity index (χ4n) is 5.13. The third kappa shape index (κ3) is 6.03. The molecule has 11 heteroatoms. The van der Waals surface area contributed by atoms with Crippen LogP contribution in [0.3, 0.4) is 0 Å². The molecule has 1 unspecified atom stereocenters. The van der Waals surface area contributed by atoms with Gasteiger partial charge in [0.1, 0.15) is 17.0 Å². The molecule has 5 N–H and O–H groups in total. The van der Waals surface area contributed by atoms with Crippen LogP contribution in [-0.2, 0) is 21.6 Å². The van der Waals surface area contributed by atoms with Crippen LogP contribution >= 0.6 is 11.6 Å². The molecule has 3 aromatic rings. The number of benzene rings is 1. The van der Waals surface area contributed by atoms with Crippen molar-refractivity contribution in [2.75, 3.05) is 7.11 Å². The highest BCUT2D eigenvalue weighted by Crippen LogP contribution is 2.38. The molecule has 40 heavy (non-hydrogen) atoms. The summed E-state index contributed by atoms with van der Waals surface area (Å²) in [5.41, 5.74) is 13.2. The first kappa shape index (κ1) is 29.2. The highest BCUT2D eigenvalue weighted by Gasteiger charge is 2.37. The summed E-state index contributed by atoms with van der Waals surface area (Å²) in [6.45, 7) is 6.72. The van der Waals surface area contributed by atoms with E-state index in [1.165, 1.54) is 0 Å². The minimum atomic E-state index is -1.13. The summed E-state index contributed by atoms with van der Waals surface area (Å²) >= 11 is 6.37. The Balaban J connectivity index is 2.03. The number of imidazole rings is 1. The van der Waals surface area contributed by atoms with Crippen molar-refractivity contribution in [3.8, 4) is 11.3 Å². The van der Waals surface area contributed by atoms with E-state index in [-0.39, 0.29) is 5.82 Å². The normalized spacial score (nSPS) is 19.6. The Bertz CT molecular complexity index is 1470. The molecule has 0 radical (unpaired) electrons. The molecule has 212 valence electrons. The van der Waals surface area contributed by atoms with Crippen molar-refractivity contribution < 1.29 is 14.3 Å². The maximum Gasteiger partial charge on any atom is 0.411 e. The highest BCUT2D eigenvalue weighted by molar-refractivity contribution is 6.30. The lowest BCUT2D eigenvalue weighted by atomic mass is 9.83. The van der Waals surface area contributed by atoms with Crippen molar-refractivity contribution in [1.82, 2.24) is 19.5 Å². The number of aromatic nitrogens is 4. The number of allylic oxidation sites excluding steroid dienone is 3. The summed E-state index contributed by atoms with van der Waals surface area (Å²) in [6, 6.07) is 7.23. The quantitative estimate of drug-likeness (QED) is 0.180. The number of carbonyl (C=O) groups excluding carboxylic acids is 1. The van der Waals surface area contributed by atoms with E-state index in [1.807, 2.05) is 38.1 Å². The highest BCUT2D eigenvalue weighted by atomic mass is 35.5. The predicted molar refractivity (Wildman–Crippen MR) is 156 cm³/mol. The van der Waals surface area contributed by atoms with Gasteiger partial charge in [0.15, 0.2) is 11.2 Å². The maximum atomic E-state index is 11.4. The number of hydrogen-bond acceptors (Lipinski definition) is 8. The zero-order chi connectivity index (χ0) is 29.0. The predicted octanol–water partition coefficient (Wildman–Crippen LogP) is 5.67. The zero-order valence-electron chi connectivity index (χ0n) is 23.3. The summed E-state index contributed by atoms with van der Waals surface area (Å²) in [5.74, 6) is 0.928. The van der Waals surface area contributed by atoms with Crippen LogP contribution in [0, 0.1) is 17.2 Å². The summed E-state index contributed by atoms with van der Waals surface area (Å²) in [5, 5.41) is 8.77. The van der Waals surface area contributed by atoms with Crippen LogP contribution in [0.4, 0.5) is 4.79 Å². The van der Waals surface area contributed by atoms with Crippen molar-refractivity contribution in [3.63, 3.8) is 0 Å². The van der Waals surface area contributed by atoms with Gasteiger partial charge in [0.2, 0.25) is 5.82 Å². The van der Waals surface area contributed by atoms with Crippen LogP contribution in [0.1, 0.15) is 58.1 Å². The minimum absolute atomic E-state index is 0.138. The standard InChI is InChI=1S/C29H36ClN7O3/c1-5-6-10-21(31)29(3,39-4)27-36-25-23(37(27)16-18-13-11-17(2)12-14-18)22(19-8-7-9-20(30)15-19)34-26(35-25)24(32)40-28(33)38/h5-10,15,17-18,32H,11-14,16,31H2,1-4H3,(H2,33,38)/b6-5-,21-10-,32-24?. The summed E-state index contributed by atoms with van der Waals surface area (Å²) in [7, 11) is 1.59. The van der Waals surface area contributed by atoms with E-state index < -0.39 is 17.6 Å². The fraction of sp³-hybridized carbons (Fsp3) is 0.414. The van der Waals surface area contributed by atoms with Crippen LogP contribution < -0.4 is 11.5 Å². The molecule has 0 spiro atoms. The number of nitrogens with two attached hydrogens (primary N) is 2. The van der Waals surface area contributed by atoms with Gasteiger partial charge >= 0.3 is 6.09 Å². The maximum absolute atomic E-state index is 11.4. The van der Waals surface area contributed by atoms with E-state index in [9.17, 15) is 4.79 Å². The Morgan fingerprint density at radius 3 is 2.58 bits per heavy atom. The second-order valence-corrected chi connectivity index (χ2v) is 10.8. The largest absolute Gasteiger partial charge is 0.411 e. The molecule has 10 nitrogen and oxygen atoms in total. The number of halogens is 1. The molecule has 1 aliphatic carbocycles. The van der Waals surface area contributed by atoms with Gasteiger partial charge in [-0.3, -0.25) is 5.41 Å². The Morgan fingerprint density at radius 2 is 1.95 bits per heavy atom. The van der Waals surface area contributed by atoms with E-state index in [4.69, 9.17) is 42.9 Å². The Morgan fingerprint density at radius 1 is 1.23 bits per heavy atom. The first-order valence-electron chi connectivity index (χ1n) is 13.3. The average Bonchev–Trinajstić information content (AvgIpc) is 3.30. The molecule has 4 rings (SSSR count). The molecular formula is C29H36ClN7O3. The third-order valence-electron chi connectivity index (χ3n) is 7.54. The molecule has 0 aliphatic heterocycles. The number of fused-ring (bicyclic) bond motifs is 1. The Kier molecular flexibility index (Phi) is 8.90. The first-order chi connectivity index (χ1) is 19.1. The van der Waals surface area contributed by atoms with Gasteiger partial charge in [-0.2, -0.15) is 0 Å². The van der Waals surface area contributed by atoms with Gasteiger partial charge in [-0.05, 0) is 56.7 Å². The van der Waals surface area contributed by atoms with Gasteiger partial charge in [0.05, 0.1) is 0 Å². The second-order valence-electron chi connectivity index (χ2n) is 10.4. The Hall–Kier alpha value is -3.76. The summed E-state index contributed by atoms with van der Waals surface area (Å²) < 4.78 is 13.0. The molecule has 2 heterocycles. The van der Waals surface area contributed by atoms with E-state index in [0.717, 1.165) is 25.7 Å². The smallest absolute Gasteiger partial charge is 0.399 e. The molecule has 1 amide bonds. The summed E-state index contributed by atoms with van der Waals surface area (Å²) in [4.78, 5) is 25.5. The Labute approximate surface area is 238 Å². The number of rotatable bonds is 8. The van der Waals surface area contributed by atoms with Crippen molar-refractivity contribution in [2.45, 2.75) is 58.6 Å². The number of amides is 1. The van der Waals surface area contributed by atoms with Crippen LogP contribution in [0.25, 0.3) is 22.4 Å². The monoisotopic (exact) mass is 565 g/mol. The van der Waals surface area contributed by atoms with Gasteiger partial charge in [-0.1, -0.05) is 55.7 Å². The van der Waals surface area contributed by atoms with E-state index in [1.54, 1.807) is 25.3 Å². The first-order valence-corrected chi connectivity index (χ1v) is 13.7. The molecular weight excluding hydrogens is 530 g/mol. The van der Waals surface area contributed by atoms with E-state index in [0.29, 0.717) is 57.3 Å². The SMILES string of the molecule is C/C=C\C=C(/N)C(C)(OC)c1nc2nc(C(=N)OC(N)=O)nc(-c3cccc(Cl)c3)c2n1CC1CCC(C)CC1. The molecule has 1 aromatic carbocycles. The van der Waals surface area contributed by atoms with Crippen LogP contribution in [0.15, 0.2) is 48.2 Å². The summed E-state index contributed by atoms with van der Waals surface area (Å²) in [6.07, 6.45) is 8.86. The van der Waals surface area contributed by atoms with Crippen LogP contribution in [0.2, 0.25) is 5.02 Å². The number of carbonyl (C=O) groups is 1. The van der Waals surface area contributed by atoms with E-state index >= 15 is 0 Å². The number of ether oxygens (including phenoxy) is 2. The minimum Gasteiger partial charge on any atom is -0.399 e. The second kappa shape index (κ2) is 12.2. The topological polar surface area (TPSA) is 155 Å². The number of nitrogens with zero attached hydrogens (tertiary/aromatic N) is 4. The van der Waals surface area contributed by atoms with Crippen molar-refractivity contribution >= 4 is 34.8 Å². The number of nitrogens with one attached hydrogen (secondary N) is 1. The van der Waals surface area contributed by atoms with Gasteiger partial charge in [-0.25, -0.2) is 19.7 Å². The number of methoxy groups -OCH3 is 1. The third-order valence-corrected chi connectivity index (χ3v) is 7.77. The average molecular weight is 566 g/mol. The van der Waals surface area contributed by atoms with Crippen LogP contribution in [0.5, 0.6) is 0 Å². The molecule has 1 saturated carbocycles.